The number of rotatable bonds is 6. The summed E-state index contributed by atoms with van der Waals surface area (Å²) in [5.41, 5.74) is 0.732. The number of benzene rings is 1. The highest BCUT2D eigenvalue weighted by Gasteiger charge is 2.11. The van der Waals surface area contributed by atoms with Gasteiger partial charge in [-0.2, -0.15) is 0 Å². The van der Waals surface area contributed by atoms with Gasteiger partial charge >= 0.3 is 0 Å². The third kappa shape index (κ3) is 4.79. The molecule has 1 amide bonds. The van der Waals surface area contributed by atoms with Gasteiger partial charge < -0.3 is 19.9 Å². The predicted molar refractivity (Wildman–Crippen MR) is 72.4 cm³/mol. The Labute approximate surface area is 113 Å². The molecule has 0 aliphatic rings. The minimum absolute atomic E-state index is 0.0669. The van der Waals surface area contributed by atoms with Crippen LogP contribution in [0.25, 0.3) is 0 Å². The van der Waals surface area contributed by atoms with Gasteiger partial charge in [-0.3, -0.25) is 4.79 Å². The van der Waals surface area contributed by atoms with E-state index in [-0.39, 0.29) is 18.6 Å². The molecule has 0 spiro atoms. The van der Waals surface area contributed by atoms with Gasteiger partial charge in [0.2, 0.25) is 0 Å². The molecule has 0 aliphatic heterocycles. The van der Waals surface area contributed by atoms with E-state index in [2.05, 4.69) is 5.32 Å². The summed E-state index contributed by atoms with van der Waals surface area (Å²) in [7, 11) is 1.52. The minimum Gasteiger partial charge on any atom is -0.493 e. The Morgan fingerprint density at radius 1 is 1.32 bits per heavy atom. The average molecular weight is 267 g/mol. The number of aliphatic hydroxyl groups is 1. The van der Waals surface area contributed by atoms with E-state index in [0.717, 1.165) is 5.56 Å². The molecule has 1 aromatic rings. The lowest BCUT2D eigenvalue weighted by molar-refractivity contribution is -0.123. The first-order valence-electron chi connectivity index (χ1n) is 6.22. The summed E-state index contributed by atoms with van der Waals surface area (Å²) in [4.78, 5) is 11.5. The van der Waals surface area contributed by atoms with Crippen molar-refractivity contribution in [1.82, 2.24) is 5.32 Å². The standard InChI is InChI=1S/C14H21NO4/c1-9(2)15-14(17)8-19-12-6-5-11(10(3)16)7-13(12)18-4/h5-7,9-10,16H,8H2,1-4H3,(H,15,17)/t10-/m0/s1. The first kappa shape index (κ1) is 15.3. The number of hydrogen-bond donors (Lipinski definition) is 2. The van der Waals surface area contributed by atoms with E-state index in [9.17, 15) is 9.90 Å². The van der Waals surface area contributed by atoms with Crippen molar-refractivity contribution in [2.24, 2.45) is 0 Å². The molecule has 5 heteroatoms. The monoisotopic (exact) mass is 267 g/mol. The van der Waals surface area contributed by atoms with Crippen molar-refractivity contribution < 1.29 is 19.4 Å². The first-order chi connectivity index (χ1) is 8.93. The van der Waals surface area contributed by atoms with E-state index in [1.54, 1.807) is 25.1 Å². The molecule has 0 unspecified atom stereocenters. The Kier molecular flexibility index (Phi) is 5.63. The van der Waals surface area contributed by atoms with Crippen LogP contribution in [0.1, 0.15) is 32.4 Å². The Morgan fingerprint density at radius 2 is 2.00 bits per heavy atom. The molecule has 0 bridgehead atoms. The normalized spacial score (nSPS) is 12.1. The average Bonchev–Trinajstić information content (AvgIpc) is 2.35. The minimum atomic E-state index is -0.577. The Morgan fingerprint density at radius 3 is 2.53 bits per heavy atom. The zero-order chi connectivity index (χ0) is 14.4. The van der Waals surface area contributed by atoms with Gasteiger partial charge in [-0.25, -0.2) is 0 Å². The van der Waals surface area contributed by atoms with E-state index < -0.39 is 6.10 Å². The zero-order valence-electron chi connectivity index (χ0n) is 11.8. The maximum atomic E-state index is 11.5. The molecule has 106 valence electrons. The highest BCUT2D eigenvalue weighted by Crippen LogP contribution is 2.30. The van der Waals surface area contributed by atoms with Crippen LogP contribution in [0, 0.1) is 0 Å². The first-order valence-corrected chi connectivity index (χ1v) is 6.22. The van der Waals surface area contributed by atoms with Crippen LogP contribution in [0.5, 0.6) is 11.5 Å². The number of methoxy groups -OCH3 is 1. The Balaban J connectivity index is 2.70. The van der Waals surface area contributed by atoms with Crippen LogP contribution in [0.3, 0.4) is 0 Å². The molecule has 0 aliphatic carbocycles. The number of carbonyl (C=O) groups is 1. The van der Waals surface area contributed by atoms with Crippen LogP contribution in [0.4, 0.5) is 0 Å². The molecule has 0 aromatic heterocycles. The van der Waals surface area contributed by atoms with E-state index in [1.807, 2.05) is 13.8 Å². The SMILES string of the molecule is COc1cc([C@H](C)O)ccc1OCC(=O)NC(C)C. The predicted octanol–water partition coefficient (Wildman–Crippen LogP) is 1.65. The van der Waals surface area contributed by atoms with Gasteiger partial charge in [0, 0.05) is 6.04 Å². The maximum Gasteiger partial charge on any atom is 0.258 e. The molecule has 0 heterocycles. The van der Waals surface area contributed by atoms with Crippen molar-refractivity contribution in [3.05, 3.63) is 23.8 Å². The second-order valence-corrected chi connectivity index (χ2v) is 4.60. The molecule has 0 radical (unpaired) electrons. The van der Waals surface area contributed by atoms with Crippen LogP contribution in [-0.2, 0) is 4.79 Å². The summed E-state index contributed by atoms with van der Waals surface area (Å²) in [5.74, 6) is 0.790. The molecular weight excluding hydrogens is 246 g/mol. The van der Waals surface area contributed by atoms with Gasteiger partial charge in [0.15, 0.2) is 18.1 Å². The lowest BCUT2D eigenvalue weighted by Gasteiger charge is -2.14. The summed E-state index contributed by atoms with van der Waals surface area (Å²) in [6.45, 7) is 5.37. The molecule has 19 heavy (non-hydrogen) atoms. The maximum absolute atomic E-state index is 11.5. The van der Waals surface area contributed by atoms with Crippen LogP contribution in [0.15, 0.2) is 18.2 Å². The van der Waals surface area contributed by atoms with E-state index in [0.29, 0.717) is 11.5 Å². The number of amides is 1. The quantitative estimate of drug-likeness (QED) is 0.822. The van der Waals surface area contributed by atoms with Crippen LogP contribution in [0.2, 0.25) is 0 Å². The fourth-order valence-corrected chi connectivity index (χ4v) is 1.57. The molecular formula is C14H21NO4. The Hall–Kier alpha value is -1.75. The van der Waals surface area contributed by atoms with E-state index in [4.69, 9.17) is 9.47 Å². The van der Waals surface area contributed by atoms with Gasteiger partial charge in [0.25, 0.3) is 5.91 Å². The lowest BCUT2D eigenvalue weighted by atomic mass is 10.1. The number of aliphatic hydroxyl groups excluding tert-OH is 1. The highest BCUT2D eigenvalue weighted by molar-refractivity contribution is 5.77. The summed E-state index contributed by atoms with van der Waals surface area (Å²) < 4.78 is 10.6. The van der Waals surface area contributed by atoms with Crippen LogP contribution < -0.4 is 14.8 Å². The third-order valence-electron chi connectivity index (χ3n) is 2.48. The molecule has 0 saturated heterocycles. The largest absolute Gasteiger partial charge is 0.493 e. The summed E-state index contributed by atoms with van der Waals surface area (Å²) >= 11 is 0. The molecule has 0 fully saturated rings. The number of carbonyl (C=O) groups excluding carboxylic acids is 1. The van der Waals surface area contributed by atoms with Gasteiger partial charge in [0.05, 0.1) is 13.2 Å². The second kappa shape index (κ2) is 6.99. The second-order valence-electron chi connectivity index (χ2n) is 4.60. The molecule has 1 rings (SSSR count). The van der Waals surface area contributed by atoms with Gasteiger partial charge in [-0.15, -0.1) is 0 Å². The van der Waals surface area contributed by atoms with Crippen LogP contribution in [-0.4, -0.2) is 30.8 Å². The summed E-state index contributed by atoms with van der Waals surface area (Å²) in [6, 6.07) is 5.20. The fraction of sp³-hybridized carbons (Fsp3) is 0.500. The third-order valence-corrected chi connectivity index (χ3v) is 2.48. The number of ether oxygens (including phenoxy) is 2. The summed E-state index contributed by atoms with van der Waals surface area (Å²) in [5, 5.41) is 12.2. The molecule has 5 nitrogen and oxygen atoms in total. The van der Waals surface area contributed by atoms with Crippen molar-refractivity contribution in [3.8, 4) is 11.5 Å². The van der Waals surface area contributed by atoms with Crippen LogP contribution >= 0.6 is 0 Å². The number of hydrogen-bond acceptors (Lipinski definition) is 4. The zero-order valence-corrected chi connectivity index (χ0v) is 11.8. The lowest BCUT2D eigenvalue weighted by Crippen LogP contribution is -2.34. The van der Waals surface area contributed by atoms with Gasteiger partial charge in [-0.1, -0.05) is 6.07 Å². The van der Waals surface area contributed by atoms with E-state index in [1.165, 1.54) is 7.11 Å². The van der Waals surface area contributed by atoms with Gasteiger partial charge in [0.1, 0.15) is 0 Å². The van der Waals surface area contributed by atoms with E-state index >= 15 is 0 Å². The fourth-order valence-electron chi connectivity index (χ4n) is 1.57. The smallest absolute Gasteiger partial charge is 0.258 e. The molecule has 0 saturated carbocycles. The van der Waals surface area contributed by atoms with Gasteiger partial charge in [-0.05, 0) is 38.5 Å². The highest BCUT2D eigenvalue weighted by atomic mass is 16.5. The van der Waals surface area contributed by atoms with Crippen molar-refractivity contribution in [1.29, 1.82) is 0 Å². The molecule has 2 N–H and O–H groups in total. The summed E-state index contributed by atoms with van der Waals surface area (Å²) in [6.07, 6.45) is -0.577. The topological polar surface area (TPSA) is 67.8 Å². The molecule has 1 atom stereocenters. The Bertz CT molecular complexity index is 429. The molecule has 1 aromatic carbocycles. The van der Waals surface area contributed by atoms with Crippen molar-refractivity contribution in [2.75, 3.05) is 13.7 Å². The van der Waals surface area contributed by atoms with Crippen molar-refractivity contribution in [3.63, 3.8) is 0 Å². The van der Waals surface area contributed by atoms with Crippen molar-refractivity contribution in [2.45, 2.75) is 32.9 Å². The number of nitrogens with one attached hydrogen (secondary N) is 1. The van der Waals surface area contributed by atoms with Crippen molar-refractivity contribution >= 4 is 5.91 Å².